The second-order valence-electron chi connectivity index (χ2n) is 6.88. The van der Waals surface area contributed by atoms with Gasteiger partial charge in [0, 0.05) is 28.8 Å². The fourth-order valence-electron chi connectivity index (χ4n) is 3.37. The van der Waals surface area contributed by atoms with Crippen LogP contribution in [0.15, 0.2) is 72.4 Å². The third-order valence-corrected chi connectivity index (χ3v) is 5.73. The number of hydrogen-bond donors (Lipinski definition) is 0. The van der Waals surface area contributed by atoms with Crippen LogP contribution in [0.4, 0.5) is 4.39 Å². The Hall–Kier alpha value is -3.64. The highest BCUT2D eigenvalue weighted by Crippen LogP contribution is 2.34. The van der Waals surface area contributed by atoms with Gasteiger partial charge in [0.25, 0.3) is 0 Å². The molecule has 0 atom stereocenters. The van der Waals surface area contributed by atoms with Crippen LogP contribution in [0, 0.1) is 5.82 Å². The van der Waals surface area contributed by atoms with Gasteiger partial charge in [-0.25, -0.2) is 9.37 Å². The molecule has 0 aliphatic heterocycles. The number of fused-ring (bicyclic) bond motifs is 2. The number of ether oxygens (including phenoxy) is 1. The van der Waals surface area contributed by atoms with Crippen LogP contribution in [-0.4, -0.2) is 15.8 Å². The van der Waals surface area contributed by atoms with E-state index in [0.717, 1.165) is 21.1 Å². The van der Waals surface area contributed by atoms with Crippen LogP contribution in [-0.2, 0) is 0 Å². The number of halogens is 1. The number of carbonyl (C=O) groups is 1. The van der Waals surface area contributed by atoms with Crippen LogP contribution in [0.5, 0.6) is 11.5 Å². The molecule has 5 aromatic rings. The maximum Gasteiger partial charge on any atom is 0.159 e. The largest absolute Gasteiger partial charge is 0.457 e. The van der Waals surface area contributed by atoms with Gasteiger partial charge in [-0.05, 0) is 48.9 Å². The molecule has 0 aliphatic rings. The predicted octanol–water partition coefficient (Wildman–Crippen LogP) is 6.65. The Morgan fingerprint density at radius 3 is 2.70 bits per heavy atom. The lowest BCUT2D eigenvalue weighted by molar-refractivity contribution is 0.101. The van der Waals surface area contributed by atoms with Gasteiger partial charge in [0.15, 0.2) is 5.78 Å². The summed E-state index contributed by atoms with van der Waals surface area (Å²) in [4.78, 5) is 20.2. The fraction of sp³-hybridized carbons (Fsp3) is 0.0417. The van der Waals surface area contributed by atoms with E-state index in [4.69, 9.17) is 4.74 Å². The Morgan fingerprint density at radius 2 is 1.87 bits per heavy atom. The van der Waals surface area contributed by atoms with E-state index in [0.29, 0.717) is 28.2 Å². The minimum atomic E-state index is -0.442. The molecule has 0 unspecified atom stereocenters. The summed E-state index contributed by atoms with van der Waals surface area (Å²) in [5.74, 6) is 0.679. The van der Waals surface area contributed by atoms with Crippen molar-refractivity contribution in [3.63, 3.8) is 0 Å². The van der Waals surface area contributed by atoms with E-state index < -0.39 is 5.82 Å². The average molecular weight is 414 g/mol. The highest BCUT2D eigenvalue weighted by Gasteiger charge is 2.12. The smallest absolute Gasteiger partial charge is 0.159 e. The number of aromatic nitrogens is 2. The van der Waals surface area contributed by atoms with E-state index in [1.807, 2.05) is 36.4 Å². The molecule has 0 saturated heterocycles. The minimum Gasteiger partial charge on any atom is -0.457 e. The summed E-state index contributed by atoms with van der Waals surface area (Å²) in [6.45, 7) is 1.42. The predicted molar refractivity (Wildman–Crippen MR) is 117 cm³/mol. The monoisotopic (exact) mass is 414 g/mol. The van der Waals surface area contributed by atoms with Gasteiger partial charge < -0.3 is 4.74 Å². The quantitative estimate of drug-likeness (QED) is 0.309. The molecule has 4 nitrogen and oxygen atoms in total. The number of benzene rings is 3. The van der Waals surface area contributed by atoms with Gasteiger partial charge in [-0.1, -0.05) is 18.2 Å². The summed E-state index contributed by atoms with van der Waals surface area (Å²) in [6.07, 6.45) is 1.68. The van der Waals surface area contributed by atoms with Gasteiger partial charge in [-0.15, -0.1) is 11.3 Å². The molecule has 2 aromatic heterocycles. The van der Waals surface area contributed by atoms with Gasteiger partial charge in [0.1, 0.15) is 17.3 Å². The summed E-state index contributed by atoms with van der Waals surface area (Å²) >= 11 is 1.58. The first-order valence-electron chi connectivity index (χ1n) is 9.29. The number of carbonyl (C=O) groups excluding carboxylic acids is 1. The van der Waals surface area contributed by atoms with E-state index in [-0.39, 0.29) is 5.78 Å². The molecule has 0 fully saturated rings. The van der Waals surface area contributed by atoms with Crippen LogP contribution < -0.4 is 4.74 Å². The zero-order chi connectivity index (χ0) is 20.7. The van der Waals surface area contributed by atoms with Crippen molar-refractivity contribution >= 4 is 38.2 Å². The van der Waals surface area contributed by atoms with Crippen LogP contribution in [0.3, 0.4) is 0 Å². The zero-order valence-corrected chi connectivity index (χ0v) is 16.7. The highest BCUT2D eigenvalue weighted by atomic mass is 32.1. The van der Waals surface area contributed by atoms with Crippen LogP contribution in [0.25, 0.3) is 32.2 Å². The molecule has 0 bridgehead atoms. The maximum absolute atomic E-state index is 14.7. The number of pyridine rings is 1. The Balaban J connectivity index is 1.58. The lowest BCUT2D eigenvalue weighted by Crippen LogP contribution is -1.95. The number of rotatable bonds is 4. The Morgan fingerprint density at radius 1 is 0.967 bits per heavy atom. The Kier molecular flexibility index (Phi) is 4.48. The number of ketones is 1. The zero-order valence-electron chi connectivity index (χ0n) is 15.9. The molecule has 2 heterocycles. The van der Waals surface area contributed by atoms with Crippen LogP contribution >= 0.6 is 11.3 Å². The Labute approximate surface area is 175 Å². The van der Waals surface area contributed by atoms with Crippen molar-refractivity contribution in [3.05, 3.63) is 83.8 Å². The van der Waals surface area contributed by atoms with Gasteiger partial charge in [0.2, 0.25) is 0 Å². The highest BCUT2D eigenvalue weighted by molar-refractivity contribution is 7.16. The third-order valence-electron chi connectivity index (χ3n) is 4.92. The summed E-state index contributed by atoms with van der Waals surface area (Å²) < 4.78 is 21.9. The first kappa shape index (κ1) is 18.4. The molecule has 5 rings (SSSR count). The molecule has 0 N–H and O–H groups in total. The average Bonchev–Trinajstić information content (AvgIpc) is 3.21. The minimum absolute atomic E-state index is 0.170. The van der Waals surface area contributed by atoms with Crippen molar-refractivity contribution < 1.29 is 13.9 Å². The number of nitrogens with zero attached hydrogens (tertiary/aromatic N) is 2. The molecule has 3 aromatic carbocycles. The van der Waals surface area contributed by atoms with E-state index in [1.54, 1.807) is 41.2 Å². The van der Waals surface area contributed by atoms with Crippen molar-refractivity contribution in [2.24, 2.45) is 0 Å². The fourth-order valence-corrected chi connectivity index (χ4v) is 4.03. The van der Waals surface area contributed by atoms with Crippen molar-refractivity contribution in [1.82, 2.24) is 9.97 Å². The standard InChI is InChI=1S/C24H15FN2O2S/c1-14(28)15-2-5-18(20(25)11-15)16-3-6-21-19(10-16)23(8-9-26-21)29-17-4-7-24-22(12-17)27-13-30-24/h2-13H,1H3. The molecule has 0 amide bonds. The molecule has 0 aliphatic carbocycles. The van der Waals surface area contributed by atoms with E-state index in [1.165, 1.54) is 13.0 Å². The van der Waals surface area contributed by atoms with Gasteiger partial charge in [-0.2, -0.15) is 0 Å². The molecule has 30 heavy (non-hydrogen) atoms. The molecular formula is C24H15FN2O2S. The SMILES string of the molecule is CC(=O)c1ccc(-c2ccc3nccc(Oc4ccc5scnc5c4)c3c2)c(F)c1. The molecule has 0 saturated carbocycles. The molecular weight excluding hydrogens is 399 g/mol. The topological polar surface area (TPSA) is 52.1 Å². The van der Waals surface area contributed by atoms with Crippen molar-refractivity contribution in [2.75, 3.05) is 0 Å². The van der Waals surface area contributed by atoms with Crippen molar-refractivity contribution in [3.8, 4) is 22.6 Å². The van der Waals surface area contributed by atoms with Crippen LogP contribution in [0.1, 0.15) is 17.3 Å². The van der Waals surface area contributed by atoms with Crippen molar-refractivity contribution in [2.45, 2.75) is 6.92 Å². The van der Waals surface area contributed by atoms with Gasteiger partial charge in [0.05, 0.1) is 21.2 Å². The summed E-state index contributed by atoms with van der Waals surface area (Å²) in [5.41, 5.74) is 4.87. The van der Waals surface area contributed by atoms with E-state index >= 15 is 0 Å². The number of hydrogen-bond acceptors (Lipinski definition) is 5. The summed E-state index contributed by atoms with van der Waals surface area (Å²) in [7, 11) is 0. The van der Waals surface area contributed by atoms with Crippen LogP contribution in [0.2, 0.25) is 0 Å². The second-order valence-corrected chi connectivity index (χ2v) is 7.76. The summed E-state index contributed by atoms with van der Waals surface area (Å²) in [5, 5.41) is 0.767. The molecule has 0 radical (unpaired) electrons. The number of Topliss-reactive ketones (excluding diaryl/α,β-unsaturated/α-hetero) is 1. The lowest BCUT2D eigenvalue weighted by Gasteiger charge is -2.11. The van der Waals surface area contributed by atoms with Crippen molar-refractivity contribution in [1.29, 1.82) is 0 Å². The lowest BCUT2D eigenvalue weighted by atomic mass is 10.00. The van der Waals surface area contributed by atoms with Gasteiger partial charge in [-0.3, -0.25) is 9.78 Å². The molecule has 6 heteroatoms. The normalized spacial score (nSPS) is 11.1. The second kappa shape index (κ2) is 7.31. The maximum atomic E-state index is 14.7. The molecule has 0 spiro atoms. The van der Waals surface area contributed by atoms with Gasteiger partial charge >= 0.3 is 0 Å². The van der Waals surface area contributed by atoms with E-state index in [2.05, 4.69) is 9.97 Å². The first-order valence-corrected chi connectivity index (χ1v) is 10.2. The summed E-state index contributed by atoms with van der Waals surface area (Å²) in [6, 6.07) is 17.6. The Bertz CT molecular complexity index is 1430. The third kappa shape index (κ3) is 3.31. The number of thiazole rings is 1. The van der Waals surface area contributed by atoms with E-state index in [9.17, 15) is 9.18 Å². The first-order chi connectivity index (χ1) is 14.6. The molecule has 146 valence electrons.